The number of carbonyl (C=O) groups excluding carboxylic acids is 2. The van der Waals surface area contributed by atoms with E-state index in [1.807, 2.05) is 37.3 Å². The van der Waals surface area contributed by atoms with Gasteiger partial charge in [0.05, 0.1) is 25.0 Å². The van der Waals surface area contributed by atoms with E-state index in [1.54, 1.807) is 53.6 Å². The first kappa shape index (κ1) is 22.6. The summed E-state index contributed by atoms with van der Waals surface area (Å²) in [7, 11) is 0. The van der Waals surface area contributed by atoms with Crippen molar-refractivity contribution in [1.29, 1.82) is 0 Å². The molecule has 1 aromatic heterocycles. The van der Waals surface area contributed by atoms with Crippen LogP contribution >= 0.6 is 0 Å². The summed E-state index contributed by atoms with van der Waals surface area (Å²) in [5.41, 5.74) is 4.15. The Morgan fingerprint density at radius 2 is 1.71 bits per heavy atom. The van der Waals surface area contributed by atoms with Gasteiger partial charge in [0.25, 0.3) is 11.8 Å². The van der Waals surface area contributed by atoms with E-state index in [1.165, 1.54) is 0 Å². The van der Waals surface area contributed by atoms with E-state index in [9.17, 15) is 9.59 Å². The van der Waals surface area contributed by atoms with Crippen LogP contribution in [0.3, 0.4) is 0 Å². The SMILES string of the molecule is Cc1ccc(-c2cnc(-c3ccccc3C(=O)Nc3cccc(C(=O)N4CCOCC4)c3)o2)cc1. The Morgan fingerprint density at radius 3 is 2.51 bits per heavy atom. The van der Waals surface area contributed by atoms with Gasteiger partial charge in [0.15, 0.2) is 5.76 Å². The lowest BCUT2D eigenvalue weighted by molar-refractivity contribution is 0.0303. The zero-order valence-electron chi connectivity index (χ0n) is 19.4. The number of rotatable bonds is 5. The average Bonchev–Trinajstić information content (AvgIpc) is 3.39. The summed E-state index contributed by atoms with van der Waals surface area (Å²) in [6.07, 6.45) is 1.66. The molecule has 0 radical (unpaired) electrons. The van der Waals surface area contributed by atoms with Gasteiger partial charge in [-0.3, -0.25) is 9.59 Å². The number of hydrogen-bond donors (Lipinski definition) is 1. The number of nitrogens with zero attached hydrogens (tertiary/aromatic N) is 2. The molecule has 2 heterocycles. The highest BCUT2D eigenvalue weighted by Crippen LogP contribution is 2.29. The van der Waals surface area contributed by atoms with Crippen molar-refractivity contribution in [2.24, 2.45) is 0 Å². The van der Waals surface area contributed by atoms with E-state index >= 15 is 0 Å². The minimum Gasteiger partial charge on any atom is -0.436 e. The van der Waals surface area contributed by atoms with Gasteiger partial charge in [0.2, 0.25) is 5.89 Å². The number of morpholine rings is 1. The van der Waals surface area contributed by atoms with E-state index in [2.05, 4.69) is 10.3 Å². The van der Waals surface area contributed by atoms with Gasteiger partial charge in [-0.2, -0.15) is 0 Å². The Morgan fingerprint density at radius 1 is 0.943 bits per heavy atom. The van der Waals surface area contributed by atoms with Crippen LogP contribution in [0.15, 0.2) is 83.4 Å². The molecule has 1 N–H and O–H groups in total. The predicted octanol–water partition coefficient (Wildman–Crippen LogP) is 5.04. The number of nitrogens with one attached hydrogen (secondary N) is 1. The molecule has 2 amide bonds. The molecule has 0 atom stereocenters. The number of hydrogen-bond acceptors (Lipinski definition) is 5. The molecule has 0 spiro atoms. The highest BCUT2D eigenvalue weighted by atomic mass is 16.5. The van der Waals surface area contributed by atoms with Gasteiger partial charge < -0.3 is 19.4 Å². The summed E-state index contributed by atoms with van der Waals surface area (Å²) in [6, 6.07) is 22.1. The molecule has 176 valence electrons. The minimum absolute atomic E-state index is 0.0757. The Kier molecular flexibility index (Phi) is 6.41. The molecule has 0 unspecified atom stereocenters. The van der Waals surface area contributed by atoms with Crippen molar-refractivity contribution >= 4 is 17.5 Å². The number of ether oxygens (including phenoxy) is 1. The molecule has 1 aliphatic heterocycles. The molecule has 35 heavy (non-hydrogen) atoms. The topological polar surface area (TPSA) is 84.7 Å². The number of carbonyl (C=O) groups is 2. The monoisotopic (exact) mass is 467 g/mol. The molecular formula is C28H25N3O4. The zero-order valence-corrected chi connectivity index (χ0v) is 19.4. The molecule has 0 saturated carbocycles. The average molecular weight is 468 g/mol. The van der Waals surface area contributed by atoms with Gasteiger partial charge in [-0.1, -0.05) is 48.0 Å². The van der Waals surface area contributed by atoms with E-state index in [4.69, 9.17) is 9.15 Å². The second kappa shape index (κ2) is 9.95. The molecule has 1 aliphatic rings. The smallest absolute Gasteiger partial charge is 0.256 e. The van der Waals surface area contributed by atoms with Crippen LogP contribution in [0, 0.1) is 6.92 Å². The largest absolute Gasteiger partial charge is 0.436 e. The lowest BCUT2D eigenvalue weighted by atomic mass is 10.1. The Bertz CT molecular complexity index is 1350. The lowest BCUT2D eigenvalue weighted by Gasteiger charge is -2.27. The maximum absolute atomic E-state index is 13.2. The van der Waals surface area contributed by atoms with Crippen LogP contribution in [0.4, 0.5) is 5.69 Å². The molecule has 5 rings (SSSR count). The summed E-state index contributed by atoms with van der Waals surface area (Å²) in [5.74, 6) is 0.604. The van der Waals surface area contributed by atoms with Crippen molar-refractivity contribution < 1.29 is 18.7 Å². The maximum Gasteiger partial charge on any atom is 0.256 e. The van der Waals surface area contributed by atoms with Crippen molar-refractivity contribution in [3.63, 3.8) is 0 Å². The van der Waals surface area contributed by atoms with Gasteiger partial charge in [0.1, 0.15) is 0 Å². The molecular weight excluding hydrogens is 442 g/mol. The summed E-state index contributed by atoms with van der Waals surface area (Å²) in [6.45, 7) is 4.21. The summed E-state index contributed by atoms with van der Waals surface area (Å²) in [4.78, 5) is 32.2. The first-order chi connectivity index (χ1) is 17.1. The Hall–Kier alpha value is -4.23. The molecule has 3 aromatic carbocycles. The van der Waals surface area contributed by atoms with Gasteiger partial charge in [0, 0.05) is 35.5 Å². The predicted molar refractivity (Wildman–Crippen MR) is 133 cm³/mol. The Balaban J connectivity index is 1.36. The lowest BCUT2D eigenvalue weighted by Crippen LogP contribution is -2.40. The second-order valence-electron chi connectivity index (χ2n) is 8.38. The molecule has 0 aliphatic carbocycles. The van der Waals surface area contributed by atoms with Crippen LogP contribution in [-0.4, -0.2) is 48.0 Å². The number of amides is 2. The highest BCUT2D eigenvalue weighted by molar-refractivity contribution is 6.08. The number of anilines is 1. The molecule has 1 fully saturated rings. The van der Waals surface area contributed by atoms with Crippen molar-refractivity contribution in [3.05, 3.63) is 95.7 Å². The fraction of sp³-hybridized carbons (Fsp3) is 0.179. The number of aromatic nitrogens is 1. The fourth-order valence-corrected chi connectivity index (χ4v) is 3.99. The van der Waals surface area contributed by atoms with Crippen LogP contribution < -0.4 is 5.32 Å². The first-order valence-electron chi connectivity index (χ1n) is 11.5. The van der Waals surface area contributed by atoms with Crippen LogP contribution in [-0.2, 0) is 4.74 Å². The molecule has 4 aromatic rings. The molecule has 7 heteroatoms. The summed E-state index contributed by atoms with van der Waals surface area (Å²) >= 11 is 0. The highest BCUT2D eigenvalue weighted by Gasteiger charge is 2.20. The third-order valence-electron chi connectivity index (χ3n) is 5.91. The Labute approximate surface area is 203 Å². The summed E-state index contributed by atoms with van der Waals surface area (Å²) < 4.78 is 11.3. The standard InChI is InChI=1S/C28H25N3O4/c1-19-9-11-20(12-10-19)25-18-29-27(35-25)24-8-3-2-7-23(24)26(32)30-22-6-4-5-21(17-22)28(33)31-13-15-34-16-14-31/h2-12,17-18H,13-16H2,1H3,(H,30,32). The van der Waals surface area contributed by atoms with Gasteiger partial charge in [-0.25, -0.2) is 4.98 Å². The zero-order chi connectivity index (χ0) is 24.2. The van der Waals surface area contributed by atoms with Crippen LogP contribution in [0.1, 0.15) is 26.3 Å². The van der Waals surface area contributed by atoms with E-state index < -0.39 is 0 Å². The third kappa shape index (κ3) is 5.00. The quantitative estimate of drug-likeness (QED) is 0.444. The molecule has 7 nitrogen and oxygen atoms in total. The normalized spacial score (nSPS) is 13.5. The van der Waals surface area contributed by atoms with Gasteiger partial charge >= 0.3 is 0 Å². The first-order valence-corrected chi connectivity index (χ1v) is 11.5. The van der Waals surface area contributed by atoms with Crippen LogP contribution in [0.2, 0.25) is 0 Å². The van der Waals surface area contributed by atoms with E-state index in [0.717, 1.165) is 11.1 Å². The van der Waals surface area contributed by atoms with Crippen LogP contribution in [0.5, 0.6) is 0 Å². The van der Waals surface area contributed by atoms with E-state index in [-0.39, 0.29) is 11.8 Å². The molecule has 1 saturated heterocycles. The van der Waals surface area contributed by atoms with Crippen molar-refractivity contribution in [1.82, 2.24) is 9.88 Å². The summed E-state index contributed by atoms with van der Waals surface area (Å²) in [5, 5.41) is 2.91. The van der Waals surface area contributed by atoms with Crippen molar-refractivity contribution in [2.45, 2.75) is 6.92 Å². The van der Waals surface area contributed by atoms with Gasteiger partial charge in [-0.05, 0) is 37.3 Å². The van der Waals surface area contributed by atoms with Gasteiger partial charge in [-0.15, -0.1) is 0 Å². The molecule has 0 bridgehead atoms. The van der Waals surface area contributed by atoms with Crippen LogP contribution in [0.25, 0.3) is 22.8 Å². The minimum atomic E-state index is -0.313. The number of oxazole rings is 1. The third-order valence-corrected chi connectivity index (χ3v) is 5.91. The second-order valence-corrected chi connectivity index (χ2v) is 8.38. The van der Waals surface area contributed by atoms with Crippen molar-refractivity contribution in [2.75, 3.05) is 31.6 Å². The number of benzene rings is 3. The van der Waals surface area contributed by atoms with Crippen molar-refractivity contribution in [3.8, 4) is 22.8 Å². The fourth-order valence-electron chi connectivity index (χ4n) is 3.99. The number of aryl methyl sites for hydroxylation is 1. The van der Waals surface area contributed by atoms with E-state index in [0.29, 0.717) is 60.3 Å². The maximum atomic E-state index is 13.2.